The van der Waals surface area contributed by atoms with E-state index in [2.05, 4.69) is 38.8 Å². The second kappa shape index (κ2) is 14.8. The molecule has 0 amide bonds. The summed E-state index contributed by atoms with van der Waals surface area (Å²) >= 11 is 0. The predicted octanol–water partition coefficient (Wildman–Crippen LogP) is 5.94. The Kier molecular flexibility index (Phi) is 10.9. The lowest BCUT2D eigenvalue weighted by atomic mass is 9.80. The lowest BCUT2D eigenvalue weighted by Crippen LogP contribution is -2.48. The molecule has 4 aromatic rings. The number of aliphatic carboxylic acids is 1. The van der Waals surface area contributed by atoms with E-state index in [1.807, 2.05) is 78.9 Å². The van der Waals surface area contributed by atoms with Crippen LogP contribution in [-0.2, 0) is 24.3 Å². The fourth-order valence-corrected chi connectivity index (χ4v) is 7.51. The third-order valence-electron chi connectivity index (χ3n) is 9.90. The zero-order chi connectivity index (χ0) is 36.3. The lowest BCUT2D eigenvalue weighted by molar-refractivity contribution is -0.139. The second-order valence-corrected chi connectivity index (χ2v) is 18.8. The van der Waals surface area contributed by atoms with Crippen molar-refractivity contribution in [1.29, 1.82) is 0 Å². The van der Waals surface area contributed by atoms with Gasteiger partial charge in [-0.2, -0.15) is 0 Å². The molecule has 5 rings (SSSR count). The Bertz CT molecular complexity index is 1820. The summed E-state index contributed by atoms with van der Waals surface area (Å²) < 4.78 is 32.9. The van der Waals surface area contributed by atoms with Crippen molar-refractivity contribution in [3.8, 4) is 11.5 Å². The number of nitrogens with one attached hydrogen (secondary N) is 1. The number of H-pyrrole nitrogens is 1. The summed E-state index contributed by atoms with van der Waals surface area (Å²) in [5.41, 5.74) is -0.0168. The molecule has 4 atom stereocenters. The molecule has 2 heterocycles. The highest BCUT2D eigenvalue weighted by Crippen LogP contribution is 2.47. The van der Waals surface area contributed by atoms with Crippen LogP contribution in [0.25, 0.3) is 0 Å². The first-order valence-corrected chi connectivity index (χ1v) is 19.5. The highest BCUT2D eigenvalue weighted by Gasteiger charge is 2.52. The van der Waals surface area contributed by atoms with Crippen LogP contribution < -0.4 is 20.7 Å². The maximum absolute atomic E-state index is 13.2. The maximum Gasteiger partial charge on any atom is 0.330 e. The number of carboxylic acids is 1. The van der Waals surface area contributed by atoms with Crippen molar-refractivity contribution in [1.82, 2.24) is 9.55 Å². The van der Waals surface area contributed by atoms with E-state index in [0.717, 1.165) is 16.7 Å². The highest BCUT2D eigenvalue weighted by atomic mass is 28.4. The van der Waals surface area contributed by atoms with Crippen LogP contribution in [0.3, 0.4) is 0 Å². The van der Waals surface area contributed by atoms with Crippen molar-refractivity contribution < 1.29 is 33.3 Å². The zero-order valence-electron chi connectivity index (χ0n) is 29.5. The molecule has 0 saturated carbocycles. The van der Waals surface area contributed by atoms with E-state index in [9.17, 15) is 19.5 Å². The minimum absolute atomic E-state index is 0.0726. The molecule has 0 unspecified atom stereocenters. The molecule has 2 N–H and O–H groups in total. The number of aromatic amines is 1. The number of nitrogens with zero attached hydrogens (tertiary/aromatic N) is 1. The molecule has 1 aromatic heterocycles. The number of methoxy groups -OCH3 is 2. The first-order valence-electron chi connectivity index (χ1n) is 16.6. The Balaban J connectivity index is 1.65. The molecular weight excluding hydrogens is 657 g/mol. The topological polar surface area (TPSA) is 138 Å². The van der Waals surface area contributed by atoms with Gasteiger partial charge in [0.1, 0.15) is 17.1 Å². The molecule has 0 radical (unpaired) electrons. The Hall–Kier alpha value is -4.49. The summed E-state index contributed by atoms with van der Waals surface area (Å²) in [7, 11) is 0.650. The van der Waals surface area contributed by atoms with E-state index >= 15 is 0 Å². The fourth-order valence-electron chi connectivity index (χ4n) is 6.19. The van der Waals surface area contributed by atoms with E-state index in [4.69, 9.17) is 23.4 Å². The summed E-state index contributed by atoms with van der Waals surface area (Å²) in [6, 6.07) is 26.2. The van der Waals surface area contributed by atoms with E-state index in [1.165, 1.54) is 16.8 Å². The van der Waals surface area contributed by atoms with E-state index in [0.29, 0.717) is 11.5 Å². The van der Waals surface area contributed by atoms with Gasteiger partial charge in [-0.1, -0.05) is 75.4 Å². The van der Waals surface area contributed by atoms with Crippen LogP contribution in [-0.4, -0.2) is 62.0 Å². The molecule has 0 bridgehead atoms. The molecule has 0 spiro atoms. The maximum atomic E-state index is 13.2. The Morgan fingerprint density at radius 3 is 1.88 bits per heavy atom. The first-order chi connectivity index (χ1) is 23.7. The van der Waals surface area contributed by atoms with Crippen LogP contribution in [0.15, 0.2) is 101 Å². The first kappa shape index (κ1) is 36.8. The fraction of sp³-hybridized carbons (Fsp3) is 0.395. The summed E-state index contributed by atoms with van der Waals surface area (Å²) in [6.07, 6.45) is -1.63. The third kappa shape index (κ3) is 7.48. The van der Waals surface area contributed by atoms with Gasteiger partial charge in [0.15, 0.2) is 14.5 Å². The highest BCUT2D eigenvalue weighted by molar-refractivity contribution is 6.74. The number of hydrogen-bond donors (Lipinski definition) is 2. The monoisotopic (exact) mass is 702 g/mol. The Morgan fingerprint density at radius 2 is 1.40 bits per heavy atom. The number of aromatic nitrogens is 2. The molecule has 3 aromatic carbocycles. The summed E-state index contributed by atoms with van der Waals surface area (Å²) in [5, 5.41) is 9.96. The third-order valence-corrected chi connectivity index (χ3v) is 14.4. The van der Waals surface area contributed by atoms with Gasteiger partial charge in [-0.3, -0.25) is 19.1 Å². The zero-order valence-corrected chi connectivity index (χ0v) is 30.5. The normalized spacial score (nSPS) is 19.7. The summed E-state index contributed by atoms with van der Waals surface area (Å²) in [6.45, 7) is 10.3. The minimum Gasteiger partial charge on any atom is -0.497 e. The van der Waals surface area contributed by atoms with Crippen molar-refractivity contribution in [2.75, 3.05) is 20.8 Å². The van der Waals surface area contributed by atoms with Gasteiger partial charge in [-0.25, -0.2) is 4.79 Å². The van der Waals surface area contributed by atoms with Gasteiger partial charge in [0.05, 0.1) is 39.5 Å². The van der Waals surface area contributed by atoms with Crippen LogP contribution in [0, 0.1) is 5.92 Å². The molecule has 0 aliphatic carbocycles. The largest absolute Gasteiger partial charge is 0.497 e. The Labute approximate surface area is 292 Å². The molecule has 1 fully saturated rings. The van der Waals surface area contributed by atoms with Crippen molar-refractivity contribution in [2.24, 2.45) is 5.92 Å². The molecule has 1 aliphatic rings. The van der Waals surface area contributed by atoms with Gasteiger partial charge in [-0.15, -0.1) is 0 Å². The summed E-state index contributed by atoms with van der Waals surface area (Å²) in [4.78, 5) is 40.0. The quantitative estimate of drug-likeness (QED) is 0.128. The minimum atomic E-state index is -2.56. The molecule has 12 heteroatoms. The van der Waals surface area contributed by atoms with Crippen LogP contribution in [0.2, 0.25) is 18.1 Å². The van der Waals surface area contributed by atoms with Crippen molar-refractivity contribution in [3.05, 3.63) is 129 Å². The SMILES string of the molecule is COc1ccc(C(OC[C@H]2O[C@@H](n3ccc(=O)[nH]c3=O)[C@H](O[Si](C)(C)C(C)(C)C)[C@@H]2CC(=O)O)(c2ccccc2)c2ccc(OC)cc2)cc1. The van der Waals surface area contributed by atoms with Gasteiger partial charge in [0.25, 0.3) is 5.56 Å². The van der Waals surface area contributed by atoms with Gasteiger partial charge in [-0.05, 0) is 59.1 Å². The number of rotatable bonds is 13. The second-order valence-electron chi connectivity index (χ2n) is 14.0. The smallest absolute Gasteiger partial charge is 0.330 e. The van der Waals surface area contributed by atoms with Gasteiger partial charge in [0, 0.05) is 18.2 Å². The van der Waals surface area contributed by atoms with Gasteiger partial charge >= 0.3 is 11.7 Å². The molecule has 11 nitrogen and oxygen atoms in total. The number of ether oxygens (including phenoxy) is 4. The molecule has 1 saturated heterocycles. The predicted molar refractivity (Wildman–Crippen MR) is 191 cm³/mol. The summed E-state index contributed by atoms with van der Waals surface area (Å²) in [5.74, 6) is -0.413. The standard InChI is InChI=1S/C38H46N2O9Si/c1-37(2,3)50(6,7)49-34-30(23-33(42)43)31(48-35(34)40-22-21-32(41)39-36(40)44)24-47-38(25-11-9-8-10-12-25,26-13-17-28(45-4)18-14-26)27-15-19-29(46-5)20-16-27/h8-22,30-31,34-35H,23-24H2,1-7H3,(H,42,43)(H,39,41,44)/t30-,31-,34-,35-/m1/s1. The van der Waals surface area contributed by atoms with Crippen LogP contribution in [0.4, 0.5) is 0 Å². The van der Waals surface area contributed by atoms with E-state index in [-0.39, 0.29) is 18.1 Å². The average Bonchev–Trinajstić information content (AvgIpc) is 3.40. The Morgan fingerprint density at radius 1 is 0.860 bits per heavy atom. The molecular formula is C38H46N2O9Si. The van der Waals surface area contributed by atoms with Crippen LogP contribution in [0.5, 0.6) is 11.5 Å². The van der Waals surface area contributed by atoms with Gasteiger partial charge in [0.2, 0.25) is 0 Å². The van der Waals surface area contributed by atoms with Crippen molar-refractivity contribution >= 4 is 14.3 Å². The van der Waals surface area contributed by atoms with Crippen LogP contribution in [0.1, 0.15) is 50.1 Å². The lowest BCUT2D eigenvalue weighted by Gasteiger charge is -2.41. The average molecular weight is 703 g/mol. The number of hydrogen-bond acceptors (Lipinski definition) is 8. The number of carbonyl (C=O) groups is 1. The van der Waals surface area contributed by atoms with Crippen LogP contribution >= 0.6 is 0 Å². The number of carboxylic acid groups (broad SMARTS) is 1. The molecule has 50 heavy (non-hydrogen) atoms. The van der Waals surface area contributed by atoms with E-state index in [1.54, 1.807) is 14.2 Å². The van der Waals surface area contributed by atoms with Crippen molar-refractivity contribution in [2.45, 2.75) is 69.4 Å². The van der Waals surface area contributed by atoms with E-state index < -0.39 is 55.5 Å². The molecule has 1 aliphatic heterocycles. The van der Waals surface area contributed by atoms with Crippen molar-refractivity contribution in [3.63, 3.8) is 0 Å². The number of benzene rings is 3. The molecule has 266 valence electrons. The van der Waals surface area contributed by atoms with Gasteiger partial charge < -0.3 is 28.5 Å².